The third kappa shape index (κ3) is 7.31. The summed E-state index contributed by atoms with van der Waals surface area (Å²) >= 11 is 1.23. The van der Waals surface area contributed by atoms with E-state index in [1.165, 1.54) is 11.3 Å². The SMILES string of the molecule is CCOC(=O)c1c(NC(=O)COC(=O)[C@@H](CC(C)C)NC(N)=O)sc(C)c1-c1ccc(C)cc1. The van der Waals surface area contributed by atoms with Crippen molar-refractivity contribution in [2.75, 3.05) is 18.5 Å². The molecule has 0 radical (unpaired) electrons. The zero-order valence-corrected chi connectivity index (χ0v) is 20.8. The van der Waals surface area contributed by atoms with Crippen molar-refractivity contribution in [2.45, 2.75) is 47.1 Å². The standard InChI is InChI=1S/C24H31N3O6S/c1-6-32-23(30)20-19(16-9-7-14(4)8-10-16)15(5)34-21(20)27-18(28)12-33-22(29)17(11-13(2)3)26-24(25)31/h7-10,13,17H,6,11-12H2,1-5H3,(H,27,28)(H3,25,26,31)/t17-/m1/s1. The van der Waals surface area contributed by atoms with Crippen LogP contribution in [-0.4, -0.2) is 43.1 Å². The number of hydrogen-bond acceptors (Lipinski definition) is 7. The molecular formula is C24H31N3O6S. The van der Waals surface area contributed by atoms with Gasteiger partial charge in [0.05, 0.1) is 6.61 Å². The second-order valence-electron chi connectivity index (χ2n) is 8.17. The molecule has 1 aromatic heterocycles. The summed E-state index contributed by atoms with van der Waals surface area (Å²) in [6, 6.07) is 5.86. The van der Waals surface area contributed by atoms with Gasteiger partial charge in [-0.1, -0.05) is 43.7 Å². The number of esters is 2. The summed E-state index contributed by atoms with van der Waals surface area (Å²) in [7, 11) is 0. The molecule has 0 aliphatic carbocycles. The first kappa shape index (κ1) is 26.8. The van der Waals surface area contributed by atoms with Gasteiger partial charge in [-0.15, -0.1) is 11.3 Å². The van der Waals surface area contributed by atoms with E-state index < -0.39 is 36.5 Å². The molecule has 1 heterocycles. The molecule has 9 nitrogen and oxygen atoms in total. The average Bonchev–Trinajstić information content (AvgIpc) is 3.07. The van der Waals surface area contributed by atoms with Crippen LogP contribution in [0.15, 0.2) is 24.3 Å². The van der Waals surface area contributed by atoms with Crippen molar-refractivity contribution < 1.29 is 28.7 Å². The van der Waals surface area contributed by atoms with Crippen LogP contribution in [-0.2, 0) is 19.1 Å². The van der Waals surface area contributed by atoms with Crippen molar-refractivity contribution >= 4 is 40.2 Å². The molecule has 184 valence electrons. The Morgan fingerprint density at radius 3 is 2.26 bits per heavy atom. The minimum Gasteiger partial charge on any atom is -0.462 e. The van der Waals surface area contributed by atoms with Crippen LogP contribution in [0.2, 0.25) is 0 Å². The number of amides is 3. The third-order valence-electron chi connectivity index (χ3n) is 4.81. The van der Waals surface area contributed by atoms with Gasteiger partial charge in [-0.3, -0.25) is 4.79 Å². The fourth-order valence-electron chi connectivity index (χ4n) is 3.36. The Labute approximate surface area is 203 Å². The number of primary amides is 1. The van der Waals surface area contributed by atoms with E-state index in [4.69, 9.17) is 15.2 Å². The summed E-state index contributed by atoms with van der Waals surface area (Å²) in [5.41, 5.74) is 7.96. The highest BCUT2D eigenvalue weighted by molar-refractivity contribution is 7.17. The summed E-state index contributed by atoms with van der Waals surface area (Å²) in [4.78, 5) is 49.7. The number of carbonyl (C=O) groups is 4. The summed E-state index contributed by atoms with van der Waals surface area (Å²) in [6.45, 7) is 8.85. The van der Waals surface area contributed by atoms with Crippen molar-refractivity contribution in [2.24, 2.45) is 11.7 Å². The number of benzene rings is 1. The Bertz CT molecular complexity index is 1050. The van der Waals surface area contributed by atoms with E-state index in [0.717, 1.165) is 16.0 Å². The molecule has 1 aromatic carbocycles. The second kappa shape index (κ2) is 12.2. The molecule has 0 aliphatic rings. The number of hydrogen-bond donors (Lipinski definition) is 3. The Kier molecular flexibility index (Phi) is 9.61. The lowest BCUT2D eigenvalue weighted by Crippen LogP contribution is -2.45. The Morgan fingerprint density at radius 2 is 1.71 bits per heavy atom. The quantitative estimate of drug-likeness (QED) is 0.435. The van der Waals surface area contributed by atoms with E-state index in [1.54, 1.807) is 6.92 Å². The van der Waals surface area contributed by atoms with Crippen LogP contribution < -0.4 is 16.4 Å². The minimum absolute atomic E-state index is 0.0830. The number of urea groups is 1. The summed E-state index contributed by atoms with van der Waals surface area (Å²) < 4.78 is 10.3. The molecule has 34 heavy (non-hydrogen) atoms. The smallest absolute Gasteiger partial charge is 0.341 e. The van der Waals surface area contributed by atoms with Crippen LogP contribution in [0.1, 0.15) is 48.0 Å². The lowest BCUT2D eigenvalue weighted by atomic mass is 10.0. The zero-order valence-electron chi connectivity index (χ0n) is 20.0. The Balaban J connectivity index is 2.22. The van der Waals surface area contributed by atoms with Crippen molar-refractivity contribution in [3.05, 3.63) is 40.3 Å². The molecule has 0 spiro atoms. The molecule has 2 aromatic rings. The van der Waals surface area contributed by atoms with Crippen LogP contribution in [0, 0.1) is 19.8 Å². The zero-order chi connectivity index (χ0) is 25.4. The molecule has 2 rings (SSSR count). The highest BCUT2D eigenvalue weighted by Gasteiger charge is 2.27. The number of nitrogens with two attached hydrogens (primary N) is 1. The first-order chi connectivity index (χ1) is 16.0. The van der Waals surface area contributed by atoms with Gasteiger partial charge in [0.15, 0.2) is 6.61 Å². The average molecular weight is 490 g/mol. The third-order valence-corrected chi connectivity index (χ3v) is 5.83. The molecule has 0 unspecified atom stereocenters. The van der Waals surface area contributed by atoms with Gasteiger partial charge < -0.3 is 25.8 Å². The number of aryl methyl sites for hydroxylation is 2. The van der Waals surface area contributed by atoms with Gasteiger partial charge in [-0.2, -0.15) is 0 Å². The van der Waals surface area contributed by atoms with Crippen molar-refractivity contribution in [1.82, 2.24) is 5.32 Å². The van der Waals surface area contributed by atoms with Gasteiger partial charge in [0.2, 0.25) is 0 Å². The van der Waals surface area contributed by atoms with Gasteiger partial charge in [-0.05, 0) is 38.7 Å². The van der Waals surface area contributed by atoms with Crippen LogP contribution in [0.25, 0.3) is 11.1 Å². The highest BCUT2D eigenvalue weighted by Crippen LogP contribution is 2.40. The van der Waals surface area contributed by atoms with Gasteiger partial charge in [-0.25, -0.2) is 14.4 Å². The molecule has 0 bridgehead atoms. The number of nitrogens with one attached hydrogen (secondary N) is 2. The second-order valence-corrected chi connectivity index (χ2v) is 9.40. The molecule has 0 saturated carbocycles. The maximum absolute atomic E-state index is 12.8. The summed E-state index contributed by atoms with van der Waals surface area (Å²) in [6.07, 6.45) is 0.306. The fourth-order valence-corrected chi connectivity index (χ4v) is 4.44. The largest absolute Gasteiger partial charge is 0.462 e. The van der Waals surface area contributed by atoms with Gasteiger partial charge >= 0.3 is 18.0 Å². The monoisotopic (exact) mass is 489 g/mol. The molecule has 0 aliphatic heterocycles. The van der Waals surface area contributed by atoms with E-state index in [-0.39, 0.29) is 18.1 Å². The van der Waals surface area contributed by atoms with Crippen LogP contribution >= 0.6 is 11.3 Å². The van der Waals surface area contributed by atoms with E-state index in [0.29, 0.717) is 17.0 Å². The fraction of sp³-hybridized carbons (Fsp3) is 0.417. The summed E-state index contributed by atoms with van der Waals surface area (Å²) in [5, 5.41) is 5.29. The number of carbonyl (C=O) groups excluding carboxylic acids is 4. The molecule has 4 N–H and O–H groups in total. The van der Waals surface area contributed by atoms with Crippen molar-refractivity contribution in [3.8, 4) is 11.1 Å². The topological polar surface area (TPSA) is 137 Å². The van der Waals surface area contributed by atoms with E-state index >= 15 is 0 Å². The lowest BCUT2D eigenvalue weighted by Gasteiger charge is -2.18. The number of thiophene rings is 1. The van der Waals surface area contributed by atoms with E-state index in [9.17, 15) is 19.2 Å². The van der Waals surface area contributed by atoms with Gasteiger partial charge in [0.1, 0.15) is 16.6 Å². The summed E-state index contributed by atoms with van der Waals surface area (Å²) in [5.74, 6) is -1.87. The number of rotatable bonds is 10. The highest BCUT2D eigenvalue weighted by atomic mass is 32.1. The van der Waals surface area contributed by atoms with Crippen LogP contribution in [0.3, 0.4) is 0 Å². The van der Waals surface area contributed by atoms with E-state index in [1.807, 2.05) is 52.0 Å². The van der Waals surface area contributed by atoms with Crippen LogP contribution in [0.4, 0.5) is 9.80 Å². The minimum atomic E-state index is -0.961. The molecular weight excluding hydrogens is 458 g/mol. The van der Waals surface area contributed by atoms with Crippen LogP contribution in [0.5, 0.6) is 0 Å². The molecule has 10 heteroatoms. The Morgan fingerprint density at radius 1 is 1.06 bits per heavy atom. The maximum atomic E-state index is 12.8. The van der Waals surface area contributed by atoms with E-state index in [2.05, 4.69) is 10.6 Å². The van der Waals surface area contributed by atoms with Gasteiger partial charge in [0, 0.05) is 10.4 Å². The molecule has 0 fully saturated rings. The normalized spacial score (nSPS) is 11.6. The number of anilines is 1. The number of ether oxygens (including phenoxy) is 2. The van der Waals surface area contributed by atoms with Crippen molar-refractivity contribution in [3.63, 3.8) is 0 Å². The first-order valence-corrected chi connectivity index (χ1v) is 11.7. The predicted molar refractivity (Wildman–Crippen MR) is 131 cm³/mol. The van der Waals surface area contributed by atoms with Gasteiger partial charge in [0.25, 0.3) is 5.91 Å². The lowest BCUT2D eigenvalue weighted by molar-refractivity contribution is -0.149. The van der Waals surface area contributed by atoms with Crippen molar-refractivity contribution in [1.29, 1.82) is 0 Å². The molecule has 1 atom stereocenters. The Hall–Kier alpha value is -3.40. The first-order valence-electron chi connectivity index (χ1n) is 10.9. The molecule has 3 amide bonds. The maximum Gasteiger partial charge on any atom is 0.341 e. The molecule has 0 saturated heterocycles. The predicted octanol–water partition coefficient (Wildman–Crippen LogP) is 3.77.